The monoisotopic (exact) mass is 268 g/mol. The zero-order chi connectivity index (χ0) is 13.0. The van der Waals surface area contributed by atoms with Crippen LogP contribution >= 0.6 is 11.3 Å². The highest BCUT2D eigenvalue weighted by atomic mass is 32.1. The van der Waals surface area contributed by atoms with Crippen molar-refractivity contribution >= 4 is 11.3 Å². The summed E-state index contributed by atoms with van der Waals surface area (Å²) >= 11 is 1.73. The smallest absolute Gasteiger partial charge is 0.0898 e. The van der Waals surface area contributed by atoms with E-state index in [2.05, 4.69) is 46.4 Å². The molecular formula is C13H24N4S. The highest BCUT2D eigenvalue weighted by Crippen LogP contribution is 2.15. The van der Waals surface area contributed by atoms with Crippen molar-refractivity contribution in [3.05, 3.63) is 16.1 Å². The van der Waals surface area contributed by atoms with Gasteiger partial charge in [0.15, 0.2) is 0 Å². The number of likely N-dealkylation sites (N-methyl/N-ethyl adjacent to an activating group) is 1. The van der Waals surface area contributed by atoms with E-state index in [0.717, 1.165) is 18.1 Å². The lowest BCUT2D eigenvalue weighted by molar-refractivity contribution is 0.154. The minimum absolute atomic E-state index is 0.363. The molecule has 18 heavy (non-hydrogen) atoms. The molecular weight excluding hydrogens is 244 g/mol. The average molecular weight is 268 g/mol. The van der Waals surface area contributed by atoms with Crippen LogP contribution in [0.5, 0.6) is 0 Å². The molecule has 0 aliphatic carbocycles. The predicted molar refractivity (Wildman–Crippen MR) is 77.2 cm³/mol. The summed E-state index contributed by atoms with van der Waals surface area (Å²) in [6.07, 6.45) is 0. The van der Waals surface area contributed by atoms with Crippen molar-refractivity contribution in [3.63, 3.8) is 0 Å². The number of hydrogen-bond acceptors (Lipinski definition) is 5. The van der Waals surface area contributed by atoms with E-state index in [1.165, 1.54) is 31.9 Å². The van der Waals surface area contributed by atoms with Crippen molar-refractivity contribution in [2.24, 2.45) is 0 Å². The van der Waals surface area contributed by atoms with E-state index >= 15 is 0 Å². The first kappa shape index (κ1) is 13.9. The van der Waals surface area contributed by atoms with Gasteiger partial charge in [-0.15, -0.1) is 11.3 Å². The van der Waals surface area contributed by atoms with Crippen LogP contribution in [-0.2, 0) is 0 Å². The minimum atomic E-state index is 0.363. The molecule has 1 unspecified atom stereocenters. The minimum Gasteiger partial charge on any atom is -0.308 e. The number of hydrogen-bond donors (Lipinski definition) is 1. The second kappa shape index (κ2) is 6.61. The molecule has 1 atom stereocenters. The molecule has 1 saturated heterocycles. The first-order valence-corrected chi connectivity index (χ1v) is 7.59. The highest BCUT2D eigenvalue weighted by Gasteiger charge is 2.14. The van der Waals surface area contributed by atoms with E-state index in [4.69, 9.17) is 0 Å². The highest BCUT2D eigenvalue weighted by molar-refractivity contribution is 7.09. The second-order valence-electron chi connectivity index (χ2n) is 5.11. The molecule has 2 rings (SSSR count). The van der Waals surface area contributed by atoms with Crippen LogP contribution in [0, 0.1) is 6.92 Å². The van der Waals surface area contributed by atoms with Gasteiger partial charge in [0.05, 0.1) is 10.7 Å². The number of piperazine rings is 1. The van der Waals surface area contributed by atoms with Crippen molar-refractivity contribution in [2.45, 2.75) is 19.9 Å². The van der Waals surface area contributed by atoms with Crippen LogP contribution in [0.25, 0.3) is 0 Å². The van der Waals surface area contributed by atoms with Gasteiger partial charge in [-0.2, -0.15) is 0 Å². The third-order valence-corrected chi connectivity index (χ3v) is 4.35. The summed E-state index contributed by atoms with van der Waals surface area (Å²) in [4.78, 5) is 9.45. The van der Waals surface area contributed by atoms with Crippen molar-refractivity contribution < 1.29 is 0 Å². The SMILES string of the molecule is Cc1nc(C(C)NCCN2CCN(C)CC2)cs1. The quantitative estimate of drug-likeness (QED) is 0.873. The van der Waals surface area contributed by atoms with Crippen molar-refractivity contribution in [2.75, 3.05) is 46.3 Å². The summed E-state index contributed by atoms with van der Waals surface area (Å²) in [6, 6.07) is 0.363. The van der Waals surface area contributed by atoms with Gasteiger partial charge in [-0.3, -0.25) is 4.90 Å². The number of thiazole rings is 1. The second-order valence-corrected chi connectivity index (χ2v) is 6.17. The lowest BCUT2D eigenvalue weighted by Crippen LogP contribution is -2.46. The molecule has 4 nitrogen and oxygen atoms in total. The number of rotatable bonds is 5. The first-order valence-electron chi connectivity index (χ1n) is 6.71. The van der Waals surface area contributed by atoms with Gasteiger partial charge in [-0.1, -0.05) is 0 Å². The molecule has 1 N–H and O–H groups in total. The van der Waals surface area contributed by atoms with Crippen molar-refractivity contribution in [3.8, 4) is 0 Å². The summed E-state index contributed by atoms with van der Waals surface area (Å²) in [7, 11) is 2.20. The van der Waals surface area contributed by atoms with E-state index in [9.17, 15) is 0 Å². The number of aryl methyl sites for hydroxylation is 1. The van der Waals surface area contributed by atoms with Gasteiger partial charge in [-0.25, -0.2) is 4.98 Å². The Bertz CT molecular complexity index is 358. The lowest BCUT2D eigenvalue weighted by atomic mass is 10.2. The Kier molecular flexibility index (Phi) is 5.12. The molecule has 1 aliphatic rings. The molecule has 0 amide bonds. The molecule has 1 aromatic heterocycles. The molecule has 0 spiro atoms. The number of aromatic nitrogens is 1. The molecule has 0 aromatic carbocycles. The Morgan fingerprint density at radius 3 is 2.72 bits per heavy atom. The molecule has 1 fully saturated rings. The molecule has 0 saturated carbocycles. The maximum atomic E-state index is 4.52. The summed E-state index contributed by atoms with van der Waals surface area (Å²) in [5, 5.41) is 6.87. The Hall–Kier alpha value is -0.490. The fourth-order valence-electron chi connectivity index (χ4n) is 2.19. The third-order valence-electron chi connectivity index (χ3n) is 3.55. The summed E-state index contributed by atoms with van der Waals surface area (Å²) < 4.78 is 0. The van der Waals surface area contributed by atoms with Crippen LogP contribution in [-0.4, -0.2) is 61.1 Å². The molecule has 5 heteroatoms. The van der Waals surface area contributed by atoms with Crippen LogP contribution in [0.3, 0.4) is 0 Å². The summed E-state index contributed by atoms with van der Waals surface area (Å²) in [6.45, 7) is 11.2. The average Bonchev–Trinajstić information content (AvgIpc) is 2.78. The largest absolute Gasteiger partial charge is 0.308 e. The van der Waals surface area contributed by atoms with Crippen molar-refractivity contribution in [1.82, 2.24) is 20.1 Å². The van der Waals surface area contributed by atoms with E-state index in [1.54, 1.807) is 11.3 Å². The van der Waals surface area contributed by atoms with Gasteiger partial charge in [0, 0.05) is 50.7 Å². The van der Waals surface area contributed by atoms with Gasteiger partial charge in [0.1, 0.15) is 0 Å². The van der Waals surface area contributed by atoms with Crippen LogP contribution in [0.2, 0.25) is 0 Å². The van der Waals surface area contributed by atoms with Gasteiger partial charge in [0.25, 0.3) is 0 Å². The van der Waals surface area contributed by atoms with Gasteiger partial charge in [-0.05, 0) is 20.9 Å². The third kappa shape index (κ3) is 4.02. The molecule has 2 heterocycles. The van der Waals surface area contributed by atoms with E-state index in [-0.39, 0.29) is 0 Å². The van der Waals surface area contributed by atoms with Gasteiger partial charge >= 0.3 is 0 Å². The Morgan fingerprint density at radius 2 is 2.11 bits per heavy atom. The van der Waals surface area contributed by atoms with Crippen molar-refractivity contribution in [1.29, 1.82) is 0 Å². The van der Waals surface area contributed by atoms with E-state index in [0.29, 0.717) is 6.04 Å². The zero-order valence-corrected chi connectivity index (χ0v) is 12.5. The standard InChI is InChI=1S/C13H24N4S/c1-11(13-10-18-12(2)15-13)14-4-5-17-8-6-16(3)7-9-17/h10-11,14H,4-9H2,1-3H3. The van der Waals surface area contributed by atoms with Crippen LogP contribution in [0.1, 0.15) is 23.7 Å². The predicted octanol–water partition coefficient (Wildman–Crippen LogP) is 1.35. The molecule has 0 radical (unpaired) electrons. The number of nitrogens with zero attached hydrogens (tertiary/aromatic N) is 3. The van der Waals surface area contributed by atoms with E-state index in [1.807, 2.05) is 0 Å². The van der Waals surface area contributed by atoms with Crippen LogP contribution in [0.4, 0.5) is 0 Å². The summed E-state index contributed by atoms with van der Waals surface area (Å²) in [5.41, 5.74) is 1.18. The van der Waals surface area contributed by atoms with E-state index < -0.39 is 0 Å². The topological polar surface area (TPSA) is 31.4 Å². The van der Waals surface area contributed by atoms with Crippen LogP contribution < -0.4 is 5.32 Å². The lowest BCUT2D eigenvalue weighted by Gasteiger charge is -2.32. The Balaban J connectivity index is 1.66. The molecule has 102 valence electrons. The van der Waals surface area contributed by atoms with Crippen LogP contribution in [0.15, 0.2) is 5.38 Å². The fourth-order valence-corrected chi connectivity index (χ4v) is 2.90. The normalized spacial score (nSPS) is 20.2. The number of nitrogens with one attached hydrogen (secondary N) is 1. The maximum Gasteiger partial charge on any atom is 0.0898 e. The molecule has 0 bridgehead atoms. The molecule has 1 aromatic rings. The zero-order valence-electron chi connectivity index (χ0n) is 11.6. The maximum absolute atomic E-state index is 4.52. The summed E-state index contributed by atoms with van der Waals surface area (Å²) in [5.74, 6) is 0. The van der Waals surface area contributed by atoms with Gasteiger partial charge < -0.3 is 10.2 Å². The first-order chi connectivity index (χ1) is 8.65. The molecule has 1 aliphatic heterocycles. The Morgan fingerprint density at radius 1 is 1.39 bits per heavy atom. The Labute approximate surface area is 114 Å². The fraction of sp³-hybridized carbons (Fsp3) is 0.769. The van der Waals surface area contributed by atoms with Gasteiger partial charge in [0.2, 0.25) is 0 Å².